The number of hydrogen-bond donors (Lipinski definition) is 2. The van der Waals surface area contributed by atoms with E-state index in [9.17, 15) is 0 Å². The van der Waals surface area contributed by atoms with Gasteiger partial charge in [0.2, 0.25) is 0 Å². The molecule has 0 saturated heterocycles. The van der Waals surface area contributed by atoms with Gasteiger partial charge in [0.1, 0.15) is 5.82 Å². The first-order valence-electron chi connectivity index (χ1n) is 4.96. The van der Waals surface area contributed by atoms with E-state index < -0.39 is 0 Å². The largest absolute Gasteiger partial charge is 0.395 e. The number of aromatic nitrogens is 2. The van der Waals surface area contributed by atoms with Crippen molar-refractivity contribution in [3.05, 3.63) is 17.6 Å². The van der Waals surface area contributed by atoms with Crippen LogP contribution in [0.15, 0.2) is 6.20 Å². The standard InChI is InChI=1S/C10H17N3O2/c1-8-9(2)12-10(7-11-8)13(3-5-14)4-6-15/h7,14-15H,3-6H2,1-2H3. The highest BCUT2D eigenvalue weighted by molar-refractivity contribution is 5.37. The minimum atomic E-state index is 0.0363. The highest BCUT2D eigenvalue weighted by Gasteiger charge is 2.08. The summed E-state index contributed by atoms with van der Waals surface area (Å²) in [6, 6.07) is 0. The summed E-state index contributed by atoms with van der Waals surface area (Å²) < 4.78 is 0. The Morgan fingerprint density at radius 3 is 2.20 bits per heavy atom. The SMILES string of the molecule is Cc1ncc(N(CCO)CCO)nc1C. The second kappa shape index (κ2) is 5.63. The molecule has 15 heavy (non-hydrogen) atoms. The quantitative estimate of drug-likeness (QED) is 0.711. The molecular formula is C10H17N3O2. The zero-order valence-corrected chi connectivity index (χ0v) is 9.14. The number of aliphatic hydroxyl groups excluding tert-OH is 2. The molecule has 0 aliphatic rings. The Morgan fingerprint density at radius 1 is 1.13 bits per heavy atom. The minimum absolute atomic E-state index is 0.0363. The summed E-state index contributed by atoms with van der Waals surface area (Å²) in [7, 11) is 0. The van der Waals surface area contributed by atoms with Gasteiger partial charge in [-0.3, -0.25) is 4.98 Å². The summed E-state index contributed by atoms with van der Waals surface area (Å²) in [5.74, 6) is 0.696. The maximum Gasteiger partial charge on any atom is 0.147 e. The Bertz CT molecular complexity index is 312. The van der Waals surface area contributed by atoms with Gasteiger partial charge >= 0.3 is 0 Å². The maximum absolute atomic E-state index is 8.88. The van der Waals surface area contributed by atoms with Gasteiger partial charge in [0.15, 0.2) is 0 Å². The molecule has 2 N–H and O–H groups in total. The van der Waals surface area contributed by atoms with E-state index in [1.54, 1.807) is 11.1 Å². The van der Waals surface area contributed by atoms with Crippen molar-refractivity contribution in [2.24, 2.45) is 0 Å². The van der Waals surface area contributed by atoms with Crippen molar-refractivity contribution >= 4 is 5.82 Å². The van der Waals surface area contributed by atoms with E-state index >= 15 is 0 Å². The van der Waals surface area contributed by atoms with Gasteiger partial charge in [-0.25, -0.2) is 4.98 Å². The first kappa shape index (κ1) is 11.9. The molecule has 0 spiro atoms. The molecular weight excluding hydrogens is 194 g/mol. The van der Waals surface area contributed by atoms with Crippen molar-refractivity contribution in [3.63, 3.8) is 0 Å². The van der Waals surface area contributed by atoms with Gasteiger partial charge in [-0.2, -0.15) is 0 Å². The molecule has 0 aromatic carbocycles. The molecule has 0 bridgehead atoms. The molecule has 0 radical (unpaired) electrons. The van der Waals surface area contributed by atoms with Crippen molar-refractivity contribution in [1.82, 2.24) is 9.97 Å². The summed E-state index contributed by atoms with van der Waals surface area (Å²) in [5, 5.41) is 17.8. The van der Waals surface area contributed by atoms with Crippen LogP contribution in [-0.2, 0) is 0 Å². The van der Waals surface area contributed by atoms with Crippen LogP contribution >= 0.6 is 0 Å². The average Bonchev–Trinajstić information content (AvgIpc) is 2.22. The van der Waals surface area contributed by atoms with Crippen LogP contribution in [0.3, 0.4) is 0 Å². The maximum atomic E-state index is 8.88. The summed E-state index contributed by atoms with van der Waals surface area (Å²) in [6.45, 7) is 4.77. The van der Waals surface area contributed by atoms with Crippen molar-refractivity contribution < 1.29 is 10.2 Å². The molecule has 1 rings (SSSR count). The third kappa shape index (κ3) is 3.14. The van der Waals surface area contributed by atoms with Crippen LogP contribution in [0, 0.1) is 13.8 Å². The molecule has 0 aliphatic heterocycles. The first-order valence-corrected chi connectivity index (χ1v) is 4.96. The van der Waals surface area contributed by atoms with Crippen LogP contribution in [-0.4, -0.2) is 46.5 Å². The fourth-order valence-corrected chi connectivity index (χ4v) is 1.26. The number of anilines is 1. The molecule has 0 amide bonds. The summed E-state index contributed by atoms with van der Waals surface area (Å²) in [6.07, 6.45) is 1.66. The van der Waals surface area contributed by atoms with E-state index in [0.29, 0.717) is 18.9 Å². The zero-order valence-electron chi connectivity index (χ0n) is 9.14. The lowest BCUT2D eigenvalue weighted by Crippen LogP contribution is -2.30. The van der Waals surface area contributed by atoms with E-state index in [0.717, 1.165) is 11.4 Å². The number of rotatable bonds is 5. The molecule has 1 heterocycles. The number of aryl methyl sites for hydroxylation is 2. The summed E-state index contributed by atoms with van der Waals surface area (Å²) in [4.78, 5) is 10.4. The highest BCUT2D eigenvalue weighted by Crippen LogP contribution is 2.10. The molecule has 0 fully saturated rings. The fourth-order valence-electron chi connectivity index (χ4n) is 1.26. The monoisotopic (exact) mass is 211 g/mol. The molecule has 84 valence electrons. The van der Waals surface area contributed by atoms with Crippen molar-refractivity contribution in [2.45, 2.75) is 13.8 Å². The Labute approximate surface area is 89.4 Å². The van der Waals surface area contributed by atoms with Crippen molar-refractivity contribution in [3.8, 4) is 0 Å². The second-order valence-electron chi connectivity index (χ2n) is 3.33. The molecule has 1 aromatic rings. The van der Waals surface area contributed by atoms with Gasteiger partial charge in [0.25, 0.3) is 0 Å². The summed E-state index contributed by atoms with van der Waals surface area (Å²) in [5.41, 5.74) is 1.76. The van der Waals surface area contributed by atoms with Gasteiger partial charge in [-0.15, -0.1) is 0 Å². The minimum Gasteiger partial charge on any atom is -0.395 e. The van der Waals surface area contributed by atoms with Gasteiger partial charge in [-0.05, 0) is 13.8 Å². The predicted octanol–water partition coefficient (Wildman–Crippen LogP) is -0.116. The van der Waals surface area contributed by atoms with Crippen LogP contribution in [0.25, 0.3) is 0 Å². The van der Waals surface area contributed by atoms with Gasteiger partial charge < -0.3 is 15.1 Å². The van der Waals surface area contributed by atoms with E-state index in [1.807, 2.05) is 13.8 Å². The lowest BCUT2D eigenvalue weighted by atomic mass is 10.3. The first-order chi connectivity index (χ1) is 7.19. The van der Waals surface area contributed by atoms with Gasteiger partial charge in [0.05, 0.1) is 30.8 Å². The second-order valence-corrected chi connectivity index (χ2v) is 3.33. The molecule has 1 aromatic heterocycles. The molecule has 0 atom stereocenters. The van der Waals surface area contributed by atoms with Crippen molar-refractivity contribution in [2.75, 3.05) is 31.2 Å². The lowest BCUT2D eigenvalue weighted by Gasteiger charge is -2.21. The topological polar surface area (TPSA) is 69.5 Å². The van der Waals surface area contributed by atoms with E-state index in [4.69, 9.17) is 10.2 Å². The third-order valence-corrected chi connectivity index (χ3v) is 2.24. The molecule has 0 aliphatic carbocycles. The number of aliphatic hydroxyl groups is 2. The Kier molecular flexibility index (Phi) is 4.45. The number of hydrogen-bond acceptors (Lipinski definition) is 5. The predicted molar refractivity (Wildman–Crippen MR) is 57.9 cm³/mol. The van der Waals surface area contributed by atoms with Crippen LogP contribution in [0.5, 0.6) is 0 Å². The van der Waals surface area contributed by atoms with Crippen molar-refractivity contribution in [1.29, 1.82) is 0 Å². The molecule has 0 saturated carbocycles. The van der Waals surface area contributed by atoms with Crippen LogP contribution in [0.4, 0.5) is 5.82 Å². The number of nitrogens with zero attached hydrogens (tertiary/aromatic N) is 3. The zero-order chi connectivity index (χ0) is 11.3. The Balaban J connectivity index is 2.85. The molecule has 5 heteroatoms. The Hall–Kier alpha value is -1.20. The van der Waals surface area contributed by atoms with Crippen LogP contribution in [0.1, 0.15) is 11.4 Å². The third-order valence-electron chi connectivity index (χ3n) is 2.24. The van der Waals surface area contributed by atoms with Gasteiger partial charge in [-0.1, -0.05) is 0 Å². The van der Waals surface area contributed by atoms with E-state index in [-0.39, 0.29) is 13.2 Å². The molecule has 5 nitrogen and oxygen atoms in total. The lowest BCUT2D eigenvalue weighted by molar-refractivity contribution is 0.280. The van der Waals surface area contributed by atoms with E-state index in [1.165, 1.54) is 0 Å². The van der Waals surface area contributed by atoms with E-state index in [2.05, 4.69) is 9.97 Å². The summed E-state index contributed by atoms with van der Waals surface area (Å²) >= 11 is 0. The van der Waals surface area contributed by atoms with Crippen LogP contribution < -0.4 is 4.90 Å². The average molecular weight is 211 g/mol. The normalized spacial score (nSPS) is 10.4. The highest BCUT2D eigenvalue weighted by atomic mass is 16.3. The Morgan fingerprint density at radius 2 is 1.73 bits per heavy atom. The molecule has 0 unspecified atom stereocenters. The van der Waals surface area contributed by atoms with Crippen LogP contribution in [0.2, 0.25) is 0 Å². The van der Waals surface area contributed by atoms with Gasteiger partial charge in [0, 0.05) is 13.1 Å². The fraction of sp³-hybridized carbons (Fsp3) is 0.600. The smallest absolute Gasteiger partial charge is 0.147 e.